The molecule has 16 N–H and O–H groups in total. The SMILES string of the molecule is Cc1cc(/C=C/c2cc3c4c(c2)CCCN4CCC3)cc(C)[n+]1CCN(CCNC(=O)CCCNC(=O)CCCC(=O)N=C(N)NCCC[C@@H](NC(=O)C(c1ccccc1)c1ccccc1)C(=O)NCc1ccc(O)cc1)CCNC(=O)CCCNC(=O)CCCC(=O)N=C(N)NCCC[C@@H](NC(=O)C(c1ccccc1)c1ccccc1)C(=O)NCc1ccc(O)cc1. The highest BCUT2D eigenvalue weighted by Gasteiger charge is 2.31. The maximum atomic E-state index is 14.1. The van der Waals surface area contributed by atoms with Gasteiger partial charge in [0, 0.05) is 149 Å². The number of guanidine groups is 2. The number of nitrogens with zero attached hydrogens (tertiary/aromatic N) is 5. The van der Waals surface area contributed by atoms with Gasteiger partial charge in [0.05, 0.1) is 18.4 Å². The molecule has 8 aromatic rings. The number of phenols is 2. The fourth-order valence-corrected chi connectivity index (χ4v) is 15.9. The Morgan fingerprint density at radius 3 is 1.15 bits per heavy atom. The van der Waals surface area contributed by atoms with Gasteiger partial charge in [-0.3, -0.25) is 52.8 Å². The quantitative estimate of drug-likeness (QED) is 0.00738. The minimum absolute atomic E-state index is 0.0466. The average Bonchev–Trinajstić information content (AvgIpc) is 0.777. The van der Waals surface area contributed by atoms with Crippen LogP contribution in [0.2, 0.25) is 0 Å². The Hall–Kier alpha value is -13.6. The molecule has 10 rings (SSSR count). The van der Waals surface area contributed by atoms with Gasteiger partial charge in [-0.15, -0.1) is 0 Å². The van der Waals surface area contributed by atoms with Gasteiger partial charge in [0.2, 0.25) is 59.1 Å². The van der Waals surface area contributed by atoms with Gasteiger partial charge in [-0.1, -0.05) is 158 Å². The zero-order chi connectivity index (χ0) is 90.8. The number of benzene rings is 7. The van der Waals surface area contributed by atoms with Crippen LogP contribution in [0.1, 0.15) is 182 Å². The number of carbonyl (C=O) groups excluding carboxylic acids is 10. The first-order valence-electron chi connectivity index (χ1n) is 44.6. The van der Waals surface area contributed by atoms with Gasteiger partial charge in [-0.05, 0) is 169 Å². The number of hydrogen-bond acceptors (Lipinski definition) is 14. The second-order valence-corrected chi connectivity index (χ2v) is 32.4. The molecule has 29 heteroatoms. The second kappa shape index (κ2) is 51.8. The molecule has 10 amide bonds. The van der Waals surface area contributed by atoms with E-state index in [4.69, 9.17) is 11.5 Å². The summed E-state index contributed by atoms with van der Waals surface area (Å²) in [5.74, 6) is -4.99. The standard InChI is InChI=1S/C99H123N17O12/c1-69-63-73(41-42-74-65-79-31-21-57-115-58-22-32-80(66-74)93(79)115)64-70(2)116(69)62-61-114(59-55-104-87(121)39-19-51-102-85(119)35-15-37-89(123)112-98(100)106-53-17-33-83(94(125)108-67-71-43-47-81(117)48-44-71)110-96(127)91(75-23-7-3-8-24-75)76-25-9-4-10-26-76)60-56-105-88(122)40-20-52-103-86(120)36-16-38-90(124)113-99(101)107-54-18-34-84(95(126)109-68-72-45-49-82(118)50-46-72)111-97(128)92(77-27-11-5-12-28-77)78-29-13-6-14-30-78/h3-14,23-30,41-50,63-66,83-84,91-92H,15-22,31-40,51-62,67-68H2,1-2H3,(H15-,100,101,102,103,104,105,106,107,108,109,110,111,112,113,117,118,119,120,121,122,123,124,125,126,127,128)/p+1/t83-,84-/m1/s1. The predicted octanol–water partition coefficient (Wildman–Crippen LogP) is 8.23. The Morgan fingerprint density at radius 2 is 0.766 bits per heavy atom. The molecule has 2 aliphatic heterocycles. The number of phenolic OH excluding ortho intramolecular Hbond substituents is 2. The summed E-state index contributed by atoms with van der Waals surface area (Å²) in [6, 6.07) is 57.3. The van der Waals surface area contributed by atoms with Crippen molar-refractivity contribution in [1.82, 2.24) is 58.1 Å². The van der Waals surface area contributed by atoms with Crippen LogP contribution in [-0.4, -0.2) is 170 Å². The van der Waals surface area contributed by atoms with E-state index in [1.54, 1.807) is 24.3 Å². The Labute approximate surface area is 749 Å². The average molecular weight is 1740 g/mol. The molecule has 0 bridgehead atoms. The van der Waals surface area contributed by atoms with Crippen molar-refractivity contribution >= 4 is 88.8 Å². The van der Waals surface area contributed by atoms with Crippen LogP contribution < -0.4 is 74.1 Å². The van der Waals surface area contributed by atoms with Gasteiger partial charge in [0.15, 0.2) is 29.9 Å². The van der Waals surface area contributed by atoms with Gasteiger partial charge in [-0.2, -0.15) is 14.6 Å². The normalized spacial score (nSPS) is 12.9. The third-order valence-electron chi connectivity index (χ3n) is 22.5. The summed E-state index contributed by atoms with van der Waals surface area (Å²) in [7, 11) is 0. The molecule has 0 spiro atoms. The van der Waals surface area contributed by atoms with E-state index in [1.807, 2.05) is 121 Å². The molecule has 2 aliphatic rings. The van der Waals surface area contributed by atoms with Gasteiger partial charge in [0.1, 0.15) is 23.6 Å². The lowest BCUT2D eigenvalue weighted by atomic mass is 9.90. The highest BCUT2D eigenvalue weighted by molar-refractivity contribution is 5.95. The minimum atomic E-state index is -0.942. The maximum absolute atomic E-state index is 14.1. The fraction of sp³-hybridized carbons (Fsp3) is 0.384. The number of aromatic nitrogens is 1. The lowest BCUT2D eigenvalue weighted by molar-refractivity contribution is -0.708. The van der Waals surface area contributed by atoms with Crippen molar-refractivity contribution in [2.75, 3.05) is 76.9 Å². The first-order chi connectivity index (χ1) is 62.1. The van der Waals surface area contributed by atoms with E-state index in [0.29, 0.717) is 65.0 Å². The summed E-state index contributed by atoms with van der Waals surface area (Å²) in [6.07, 6.45) is 11.6. The molecule has 3 heterocycles. The van der Waals surface area contributed by atoms with Crippen molar-refractivity contribution < 1.29 is 62.7 Å². The molecule has 0 aliphatic carbocycles. The molecular weight excluding hydrogens is 1620 g/mol. The summed E-state index contributed by atoms with van der Waals surface area (Å²) < 4.78 is 2.27. The van der Waals surface area contributed by atoms with Crippen LogP contribution in [0.5, 0.6) is 11.5 Å². The second-order valence-electron chi connectivity index (χ2n) is 32.4. The van der Waals surface area contributed by atoms with Crippen LogP contribution in [0, 0.1) is 13.8 Å². The minimum Gasteiger partial charge on any atom is -0.508 e. The third kappa shape index (κ3) is 32.8. The maximum Gasteiger partial charge on any atom is 0.248 e. The smallest absolute Gasteiger partial charge is 0.248 e. The number of anilines is 1. The number of aryl methyl sites for hydroxylation is 4. The van der Waals surface area contributed by atoms with E-state index in [-0.39, 0.29) is 162 Å². The fourth-order valence-electron chi connectivity index (χ4n) is 15.9. The topological polar surface area (TPSA) is 419 Å². The molecule has 1 aromatic heterocycles. The van der Waals surface area contributed by atoms with E-state index in [0.717, 1.165) is 76.3 Å². The molecule has 2 atom stereocenters. The van der Waals surface area contributed by atoms with Gasteiger partial charge in [-0.25, -0.2) is 0 Å². The number of hydrogen-bond donors (Lipinski definition) is 14. The Balaban J connectivity index is 0.624. The predicted molar refractivity (Wildman–Crippen MR) is 496 cm³/mol. The molecule has 0 fully saturated rings. The number of amides is 10. The molecular formula is C99H124N17O12+. The lowest BCUT2D eigenvalue weighted by Gasteiger charge is -2.37. The number of rotatable bonds is 49. The molecule has 676 valence electrons. The van der Waals surface area contributed by atoms with Crippen LogP contribution in [0.3, 0.4) is 0 Å². The van der Waals surface area contributed by atoms with Crippen molar-refractivity contribution in [2.24, 2.45) is 21.5 Å². The number of nitrogens with two attached hydrogens (primary N) is 2. The van der Waals surface area contributed by atoms with Crippen molar-refractivity contribution in [3.8, 4) is 11.5 Å². The molecule has 0 saturated carbocycles. The summed E-state index contributed by atoms with van der Waals surface area (Å²) in [6.45, 7) is 10.6. The Bertz CT molecular complexity index is 4700. The Kier molecular flexibility index (Phi) is 39.1. The van der Waals surface area contributed by atoms with Crippen LogP contribution in [0.25, 0.3) is 12.2 Å². The van der Waals surface area contributed by atoms with E-state index in [1.165, 1.54) is 59.5 Å². The molecule has 128 heavy (non-hydrogen) atoms. The van der Waals surface area contributed by atoms with E-state index in [9.17, 15) is 58.2 Å². The first kappa shape index (κ1) is 96.6. The highest BCUT2D eigenvalue weighted by atomic mass is 16.3. The monoisotopic (exact) mass is 1740 g/mol. The zero-order valence-corrected chi connectivity index (χ0v) is 73.4. The number of aliphatic imine (C=N–C) groups is 2. The molecule has 29 nitrogen and oxygen atoms in total. The zero-order valence-electron chi connectivity index (χ0n) is 73.4. The molecule has 0 unspecified atom stereocenters. The van der Waals surface area contributed by atoms with Gasteiger partial charge >= 0.3 is 0 Å². The Morgan fingerprint density at radius 1 is 0.414 bits per heavy atom. The number of nitrogens with one attached hydrogen (secondary N) is 10. The van der Waals surface area contributed by atoms with Crippen LogP contribution in [0.4, 0.5) is 5.69 Å². The van der Waals surface area contributed by atoms with Crippen molar-refractivity contribution in [2.45, 2.75) is 173 Å². The third-order valence-corrected chi connectivity index (χ3v) is 22.5. The number of carbonyl (C=O) groups is 10. The highest BCUT2D eigenvalue weighted by Crippen LogP contribution is 2.37. The van der Waals surface area contributed by atoms with E-state index >= 15 is 0 Å². The van der Waals surface area contributed by atoms with Crippen LogP contribution in [-0.2, 0) is 80.4 Å². The summed E-state index contributed by atoms with van der Waals surface area (Å²) in [5, 5.41) is 48.8. The van der Waals surface area contributed by atoms with Crippen LogP contribution in [0.15, 0.2) is 204 Å². The van der Waals surface area contributed by atoms with Crippen LogP contribution >= 0.6 is 0 Å². The summed E-state index contributed by atoms with van der Waals surface area (Å²) in [5.41, 5.74) is 25.6. The largest absolute Gasteiger partial charge is 0.508 e. The molecule has 0 radical (unpaired) electrons. The molecule has 7 aromatic carbocycles. The van der Waals surface area contributed by atoms with Crippen molar-refractivity contribution in [3.63, 3.8) is 0 Å². The van der Waals surface area contributed by atoms with Gasteiger partial charge < -0.3 is 79.7 Å². The van der Waals surface area contributed by atoms with Gasteiger partial charge in [0.25, 0.3) is 0 Å². The lowest BCUT2D eigenvalue weighted by Crippen LogP contribution is -2.48. The number of pyridine rings is 1. The summed E-state index contributed by atoms with van der Waals surface area (Å²) in [4.78, 5) is 146. The summed E-state index contributed by atoms with van der Waals surface area (Å²) >= 11 is 0. The first-order valence-corrected chi connectivity index (χ1v) is 44.6. The van der Waals surface area contributed by atoms with E-state index in [2.05, 4.69) is 128 Å². The van der Waals surface area contributed by atoms with Crippen molar-refractivity contribution in [3.05, 3.63) is 261 Å². The molecule has 0 saturated heterocycles. The van der Waals surface area contributed by atoms with Crippen molar-refractivity contribution in [1.29, 1.82) is 0 Å². The van der Waals surface area contributed by atoms with E-state index < -0.39 is 47.5 Å². The number of aromatic hydroxyl groups is 2.